The van der Waals surface area contributed by atoms with Crippen LogP contribution in [0.1, 0.15) is 5.56 Å². The lowest BCUT2D eigenvalue weighted by atomic mass is 10.3. The molecule has 1 heterocycles. The molecule has 0 saturated heterocycles. The van der Waals surface area contributed by atoms with E-state index in [0.29, 0.717) is 16.8 Å². The van der Waals surface area contributed by atoms with Gasteiger partial charge < -0.3 is 4.74 Å². The average molecular weight is 376 g/mol. The molecule has 1 aromatic carbocycles. The molecule has 0 spiro atoms. The molecule has 0 fully saturated rings. The van der Waals surface area contributed by atoms with Gasteiger partial charge in [0.1, 0.15) is 10.6 Å². The van der Waals surface area contributed by atoms with Crippen molar-refractivity contribution >= 4 is 37.3 Å². The Morgan fingerprint density at radius 2 is 2.10 bits per heavy atom. The highest BCUT2D eigenvalue weighted by atomic mass is 79.9. The van der Waals surface area contributed by atoms with Crippen LogP contribution in [0.3, 0.4) is 0 Å². The van der Waals surface area contributed by atoms with Gasteiger partial charge in [0, 0.05) is 18.1 Å². The van der Waals surface area contributed by atoms with E-state index < -0.39 is 10.0 Å². The Kier molecular flexibility index (Phi) is 4.85. The Hall–Kier alpha value is -0.890. The molecule has 2 aromatic rings. The molecule has 1 aromatic heterocycles. The first kappa shape index (κ1) is 15.5. The third-order valence-electron chi connectivity index (χ3n) is 2.80. The van der Waals surface area contributed by atoms with Crippen LogP contribution >= 0.6 is 27.3 Å². The van der Waals surface area contributed by atoms with Crippen LogP contribution in [0, 0.1) is 0 Å². The zero-order valence-corrected chi connectivity index (χ0v) is 14.3. The lowest BCUT2D eigenvalue weighted by Crippen LogP contribution is -2.26. The summed E-state index contributed by atoms with van der Waals surface area (Å²) >= 11 is 4.84. The summed E-state index contributed by atoms with van der Waals surface area (Å²) in [6.07, 6.45) is 0. The average Bonchev–Trinajstić information content (AvgIpc) is 2.91. The van der Waals surface area contributed by atoms with Crippen molar-refractivity contribution in [2.45, 2.75) is 11.4 Å². The second-order valence-electron chi connectivity index (χ2n) is 4.19. The molecule has 0 aliphatic rings. The predicted octanol–water partition coefficient (Wildman–Crippen LogP) is 3.34. The molecule has 0 radical (unpaired) electrons. The molecular weight excluding hydrogens is 362 g/mol. The molecular formula is C13H14BrNO3S2. The van der Waals surface area contributed by atoms with Gasteiger partial charge in [0.15, 0.2) is 0 Å². The molecule has 0 atom stereocenters. The first-order valence-electron chi connectivity index (χ1n) is 5.76. The number of halogens is 1. The Morgan fingerprint density at radius 3 is 2.70 bits per heavy atom. The Balaban J connectivity index is 2.36. The van der Waals surface area contributed by atoms with Gasteiger partial charge in [-0.25, -0.2) is 8.42 Å². The van der Waals surface area contributed by atoms with Crippen LogP contribution < -0.4 is 4.74 Å². The van der Waals surface area contributed by atoms with Crippen molar-refractivity contribution in [1.82, 2.24) is 4.31 Å². The quantitative estimate of drug-likeness (QED) is 0.804. The molecule has 0 amide bonds. The second kappa shape index (κ2) is 6.26. The van der Waals surface area contributed by atoms with E-state index in [1.165, 1.54) is 11.4 Å². The van der Waals surface area contributed by atoms with Crippen LogP contribution in [0.25, 0.3) is 0 Å². The number of methoxy groups -OCH3 is 1. The molecule has 4 nitrogen and oxygen atoms in total. The van der Waals surface area contributed by atoms with E-state index in [-0.39, 0.29) is 4.90 Å². The maximum atomic E-state index is 12.6. The fourth-order valence-corrected chi connectivity index (χ4v) is 4.25. The van der Waals surface area contributed by atoms with Crippen LogP contribution in [0.2, 0.25) is 0 Å². The van der Waals surface area contributed by atoms with Gasteiger partial charge in [-0.15, -0.1) is 0 Å². The first-order chi connectivity index (χ1) is 9.45. The molecule has 20 heavy (non-hydrogen) atoms. The zero-order chi connectivity index (χ0) is 14.8. The van der Waals surface area contributed by atoms with Gasteiger partial charge in [-0.05, 0) is 40.6 Å². The van der Waals surface area contributed by atoms with Gasteiger partial charge in [0.05, 0.1) is 7.11 Å². The van der Waals surface area contributed by atoms with E-state index in [0.717, 1.165) is 5.56 Å². The molecule has 2 rings (SSSR count). The maximum Gasteiger partial charge on any atom is 0.246 e. The van der Waals surface area contributed by atoms with Crippen molar-refractivity contribution in [3.8, 4) is 5.75 Å². The second-order valence-corrected chi connectivity index (χ2v) is 7.90. The highest BCUT2D eigenvalue weighted by Gasteiger charge is 2.25. The smallest absolute Gasteiger partial charge is 0.246 e. The molecule has 7 heteroatoms. The Bertz CT molecular complexity index is 684. The third kappa shape index (κ3) is 3.22. The normalized spacial score (nSPS) is 11.8. The summed E-state index contributed by atoms with van der Waals surface area (Å²) < 4.78 is 32.4. The highest BCUT2D eigenvalue weighted by molar-refractivity contribution is 9.10. The van der Waals surface area contributed by atoms with Gasteiger partial charge in [0.25, 0.3) is 0 Å². The summed E-state index contributed by atoms with van der Waals surface area (Å²) in [5.41, 5.74) is 0.968. The van der Waals surface area contributed by atoms with Gasteiger partial charge in [-0.3, -0.25) is 0 Å². The van der Waals surface area contributed by atoms with Crippen LogP contribution in [0.15, 0.2) is 44.4 Å². The highest BCUT2D eigenvalue weighted by Crippen LogP contribution is 2.29. The summed E-state index contributed by atoms with van der Waals surface area (Å²) in [5, 5.41) is 3.86. The van der Waals surface area contributed by atoms with Crippen molar-refractivity contribution in [1.29, 1.82) is 0 Å². The fraction of sp³-hybridized carbons (Fsp3) is 0.231. The van der Waals surface area contributed by atoms with Crippen LogP contribution in [-0.4, -0.2) is 26.9 Å². The third-order valence-corrected chi connectivity index (χ3v) is 5.85. The van der Waals surface area contributed by atoms with Gasteiger partial charge in [0.2, 0.25) is 10.0 Å². The van der Waals surface area contributed by atoms with E-state index in [2.05, 4.69) is 15.9 Å². The van der Waals surface area contributed by atoms with Crippen molar-refractivity contribution in [3.05, 3.63) is 45.1 Å². The lowest BCUT2D eigenvalue weighted by Gasteiger charge is -2.18. The molecule has 0 bridgehead atoms. The van der Waals surface area contributed by atoms with Crippen LogP contribution in [0.4, 0.5) is 0 Å². The molecule has 0 N–H and O–H groups in total. The standard InChI is InChI=1S/C13H14BrNO3S2/c1-15(8-10-5-6-19-9-10)20(16,17)13-7-11(14)3-4-12(13)18-2/h3-7,9H,8H2,1-2H3. The molecule has 0 saturated carbocycles. The number of hydrogen-bond acceptors (Lipinski definition) is 4. The van der Waals surface area contributed by atoms with E-state index in [4.69, 9.17) is 4.74 Å². The Labute approximate surface area is 131 Å². The van der Waals surface area contributed by atoms with Crippen molar-refractivity contribution < 1.29 is 13.2 Å². The number of thiophene rings is 1. The minimum Gasteiger partial charge on any atom is -0.495 e. The summed E-state index contributed by atoms with van der Waals surface area (Å²) in [5.74, 6) is 0.338. The fourth-order valence-electron chi connectivity index (χ4n) is 1.74. The van der Waals surface area contributed by atoms with Gasteiger partial charge in [-0.1, -0.05) is 15.9 Å². The maximum absolute atomic E-state index is 12.6. The van der Waals surface area contributed by atoms with Gasteiger partial charge in [-0.2, -0.15) is 15.6 Å². The molecule has 0 aliphatic heterocycles. The minimum absolute atomic E-state index is 0.159. The summed E-state index contributed by atoms with van der Waals surface area (Å²) in [7, 11) is -0.575. The predicted molar refractivity (Wildman–Crippen MR) is 83.7 cm³/mol. The van der Waals surface area contributed by atoms with E-state index >= 15 is 0 Å². The largest absolute Gasteiger partial charge is 0.495 e. The molecule has 0 aliphatic carbocycles. The van der Waals surface area contributed by atoms with Crippen LogP contribution in [-0.2, 0) is 16.6 Å². The van der Waals surface area contributed by atoms with E-state index in [9.17, 15) is 8.42 Å². The molecule has 108 valence electrons. The number of rotatable bonds is 5. The summed E-state index contributed by atoms with van der Waals surface area (Å²) in [4.78, 5) is 0.159. The van der Waals surface area contributed by atoms with E-state index in [1.807, 2.05) is 16.8 Å². The number of ether oxygens (including phenoxy) is 1. The monoisotopic (exact) mass is 375 g/mol. The summed E-state index contributed by atoms with van der Waals surface area (Å²) in [6, 6.07) is 6.85. The molecule has 0 unspecified atom stereocenters. The van der Waals surface area contributed by atoms with Crippen molar-refractivity contribution in [2.75, 3.05) is 14.2 Å². The summed E-state index contributed by atoms with van der Waals surface area (Å²) in [6.45, 7) is 0.335. The number of nitrogens with zero attached hydrogens (tertiary/aromatic N) is 1. The number of benzene rings is 1. The number of hydrogen-bond donors (Lipinski definition) is 0. The first-order valence-corrected chi connectivity index (χ1v) is 8.93. The topological polar surface area (TPSA) is 46.6 Å². The van der Waals surface area contributed by atoms with Gasteiger partial charge >= 0.3 is 0 Å². The minimum atomic E-state index is -3.60. The number of sulfonamides is 1. The zero-order valence-electron chi connectivity index (χ0n) is 11.0. The van der Waals surface area contributed by atoms with E-state index in [1.54, 1.807) is 36.6 Å². The SMILES string of the molecule is COc1ccc(Br)cc1S(=O)(=O)N(C)Cc1ccsc1. The van der Waals surface area contributed by atoms with Crippen molar-refractivity contribution in [3.63, 3.8) is 0 Å². The van der Waals surface area contributed by atoms with Crippen LogP contribution in [0.5, 0.6) is 5.75 Å². The Morgan fingerprint density at radius 1 is 1.35 bits per heavy atom. The van der Waals surface area contributed by atoms with Crippen molar-refractivity contribution in [2.24, 2.45) is 0 Å². The lowest BCUT2D eigenvalue weighted by molar-refractivity contribution is 0.397.